The zero-order valence-electron chi connectivity index (χ0n) is 12.7. The van der Waals surface area contributed by atoms with Crippen molar-refractivity contribution in [3.8, 4) is 5.75 Å². The Bertz CT molecular complexity index is 769. The number of nitrogens with zero attached hydrogens (tertiary/aromatic N) is 5. The summed E-state index contributed by atoms with van der Waals surface area (Å²) in [5.74, 6) is 2.44. The van der Waals surface area contributed by atoms with Gasteiger partial charge in [0.05, 0.1) is 18.9 Å². The van der Waals surface area contributed by atoms with Gasteiger partial charge in [-0.3, -0.25) is 0 Å². The Morgan fingerprint density at radius 1 is 1.00 bits per heavy atom. The van der Waals surface area contributed by atoms with Gasteiger partial charge in [-0.25, -0.2) is 15.0 Å². The van der Waals surface area contributed by atoms with Crippen molar-refractivity contribution in [3.05, 3.63) is 66.5 Å². The minimum absolute atomic E-state index is 0.519. The first kappa shape index (κ1) is 13.8. The third-order valence-electron chi connectivity index (χ3n) is 3.89. The second kappa shape index (κ2) is 6.08. The topological polar surface area (TPSA) is 56.1 Å². The maximum absolute atomic E-state index is 5.72. The minimum Gasteiger partial charge on any atom is -0.486 e. The van der Waals surface area contributed by atoms with E-state index < -0.39 is 0 Å². The van der Waals surface area contributed by atoms with Crippen molar-refractivity contribution in [3.63, 3.8) is 0 Å². The highest BCUT2D eigenvalue weighted by molar-refractivity contribution is 5.33. The predicted molar refractivity (Wildman–Crippen MR) is 86.1 cm³/mol. The second-order valence-electron chi connectivity index (χ2n) is 5.45. The Morgan fingerprint density at radius 3 is 2.65 bits per heavy atom. The van der Waals surface area contributed by atoms with Gasteiger partial charge >= 0.3 is 0 Å². The normalized spacial score (nSPS) is 13.7. The lowest BCUT2D eigenvalue weighted by Crippen LogP contribution is -2.34. The van der Waals surface area contributed by atoms with E-state index in [1.807, 2.05) is 42.7 Å². The minimum atomic E-state index is 0.519. The van der Waals surface area contributed by atoms with Crippen LogP contribution in [0.25, 0.3) is 0 Å². The zero-order chi connectivity index (χ0) is 15.5. The van der Waals surface area contributed by atoms with Gasteiger partial charge in [0.15, 0.2) is 5.75 Å². The van der Waals surface area contributed by atoms with Gasteiger partial charge in [0.25, 0.3) is 0 Å². The SMILES string of the molecule is c1ccc(COc2cnc(N3CCn4ccnc4C3)nc2)cc1. The van der Waals surface area contributed by atoms with E-state index in [2.05, 4.69) is 24.4 Å². The number of rotatable bonds is 4. The monoisotopic (exact) mass is 307 g/mol. The van der Waals surface area contributed by atoms with Gasteiger partial charge in [-0.15, -0.1) is 0 Å². The van der Waals surface area contributed by atoms with Crippen LogP contribution in [0.15, 0.2) is 55.1 Å². The average Bonchev–Trinajstić information content (AvgIpc) is 3.09. The molecular weight excluding hydrogens is 290 g/mol. The van der Waals surface area contributed by atoms with Crippen LogP contribution in [0.4, 0.5) is 5.95 Å². The van der Waals surface area contributed by atoms with Crippen LogP contribution in [0.5, 0.6) is 5.75 Å². The molecule has 0 amide bonds. The molecule has 0 saturated carbocycles. The maximum Gasteiger partial charge on any atom is 0.225 e. The third-order valence-corrected chi connectivity index (χ3v) is 3.89. The first-order chi connectivity index (χ1) is 11.4. The highest BCUT2D eigenvalue weighted by atomic mass is 16.5. The molecule has 6 nitrogen and oxygen atoms in total. The first-order valence-electron chi connectivity index (χ1n) is 7.62. The Hall–Kier alpha value is -2.89. The van der Waals surface area contributed by atoms with E-state index in [0.29, 0.717) is 18.3 Å². The van der Waals surface area contributed by atoms with Gasteiger partial charge in [-0.2, -0.15) is 0 Å². The quantitative estimate of drug-likeness (QED) is 0.740. The van der Waals surface area contributed by atoms with Crippen molar-refractivity contribution in [2.24, 2.45) is 0 Å². The molecule has 116 valence electrons. The molecule has 0 spiro atoms. The molecule has 0 unspecified atom stereocenters. The molecule has 0 N–H and O–H groups in total. The largest absolute Gasteiger partial charge is 0.486 e. The lowest BCUT2D eigenvalue weighted by Gasteiger charge is -2.27. The van der Waals surface area contributed by atoms with Crippen molar-refractivity contribution < 1.29 is 4.74 Å². The molecule has 1 aromatic carbocycles. The summed E-state index contributed by atoms with van der Waals surface area (Å²) >= 11 is 0. The summed E-state index contributed by atoms with van der Waals surface area (Å²) in [7, 11) is 0. The third kappa shape index (κ3) is 3.01. The summed E-state index contributed by atoms with van der Waals surface area (Å²) in [5.41, 5.74) is 1.12. The summed E-state index contributed by atoms with van der Waals surface area (Å²) in [4.78, 5) is 15.3. The van der Waals surface area contributed by atoms with E-state index in [0.717, 1.165) is 31.0 Å². The molecule has 0 saturated heterocycles. The molecule has 3 aromatic rings. The van der Waals surface area contributed by atoms with E-state index in [1.165, 1.54) is 0 Å². The van der Waals surface area contributed by atoms with Crippen LogP contribution in [0, 0.1) is 0 Å². The summed E-state index contributed by atoms with van der Waals surface area (Å²) in [6.07, 6.45) is 7.30. The average molecular weight is 307 g/mol. The highest BCUT2D eigenvalue weighted by Gasteiger charge is 2.18. The van der Waals surface area contributed by atoms with Crippen LogP contribution in [-0.2, 0) is 19.7 Å². The lowest BCUT2D eigenvalue weighted by molar-refractivity contribution is 0.303. The smallest absolute Gasteiger partial charge is 0.225 e. The van der Waals surface area contributed by atoms with Crippen molar-refractivity contribution in [2.75, 3.05) is 11.4 Å². The van der Waals surface area contributed by atoms with Crippen LogP contribution in [0.3, 0.4) is 0 Å². The Kier molecular flexibility index (Phi) is 3.63. The van der Waals surface area contributed by atoms with Gasteiger partial charge in [0.2, 0.25) is 5.95 Å². The van der Waals surface area contributed by atoms with Crippen molar-refractivity contribution in [1.82, 2.24) is 19.5 Å². The molecular formula is C17H17N5O. The molecule has 0 atom stereocenters. The number of anilines is 1. The second-order valence-corrected chi connectivity index (χ2v) is 5.45. The number of aromatic nitrogens is 4. The van der Waals surface area contributed by atoms with E-state index in [9.17, 15) is 0 Å². The van der Waals surface area contributed by atoms with Gasteiger partial charge < -0.3 is 14.2 Å². The number of imidazole rings is 1. The van der Waals surface area contributed by atoms with Crippen LogP contribution in [0.2, 0.25) is 0 Å². The molecule has 1 aliphatic heterocycles. The fourth-order valence-electron chi connectivity index (χ4n) is 2.63. The number of hydrogen-bond donors (Lipinski definition) is 0. The molecule has 0 aliphatic carbocycles. The van der Waals surface area contributed by atoms with Crippen molar-refractivity contribution in [2.45, 2.75) is 19.7 Å². The van der Waals surface area contributed by atoms with Gasteiger partial charge in [-0.05, 0) is 5.56 Å². The van der Waals surface area contributed by atoms with Gasteiger partial charge in [-0.1, -0.05) is 30.3 Å². The molecule has 3 heterocycles. The number of hydrogen-bond acceptors (Lipinski definition) is 5. The van der Waals surface area contributed by atoms with Crippen LogP contribution in [0.1, 0.15) is 11.4 Å². The van der Waals surface area contributed by atoms with Crippen molar-refractivity contribution in [1.29, 1.82) is 0 Å². The Morgan fingerprint density at radius 2 is 1.83 bits per heavy atom. The summed E-state index contributed by atoms with van der Waals surface area (Å²) < 4.78 is 7.88. The highest BCUT2D eigenvalue weighted by Crippen LogP contribution is 2.18. The lowest BCUT2D eigenvalue weighted by atomic mass is 10.2. The maximum atomic E-state index is 5.72. The summed E-state index contributed by atoms with van der Waals surface area (Å²) in [5, 5.41) is 0. The number of benzene rings is 1. The van der Waals surface area contributed by atoms with Crippen LogP contribution >= 0.6 is 0 Å². The number of ether oxygens (including phenoxy) is 1. The Balaban J connectivity index is 1.40. The van der Waals surface area contributed by atoms with Crippen molar-refractivity contribution >= 4 is 5.95 Å². The number of fused-ring (bicyclic) bond motifs is 1. The van der Waals surface area contributed by atoms with Gasteiger partial charge in [0.1, 0.15) is 12.4 Å². The standard InChI is InChI=1S/C17H17N5O/c1-2-4-14(5-3-1)13-23-15-10-19-17(20-11-15)22-9-8-21-7-6-18-16(21)12-22/h1-7,10-11H,8-9,12-13H2. The fraction of sp³-hybridized carbons (Fsp3) is 0.235. The fourth-order valence-corrected chi connectivity index (χ4v) is 2.63. The molecule has 2 aromatic heterocycles. The first-order valence-corrected chi connectivity index (χ1v) is 7.62. The predicted octanol–water partition coefficient (Wildman–Crippen LogP) is 2.27. The molecule has 0 fully saturated rings. The molecule has 0 radical (unpaired) electrons. The van der Waals surface area contributed by atoms with E-state index >= 15 is 0 Å². The molecule has 1 aliphatic rings. The van der Waals surface area contributed by atoms with E-state index in [4.69, 9.17) is 4.74 Å². The van der Waals surface area contributed by atoms with Crippen LogP contribution in [-0.4, -0.2) is 26.1 Å². The zero-order valence-corrected chi connectivity index (χ0v) is 12.7. The van der Waals surface area contributed by atoms with Gasteiger partial charge in [0, 0.05) is 25.5 Å². The van der Waals surface area contributed by atoms with Crippen LogP contribution < -0.4 is 9.64 Å². The summed E-state index contributed by atoms with van der Waals surface area (Å²) in [6.45, 7) is 3.04. The van der Waals surface area contributed by atoms with E-state index in [-0.39, 0.29) is 0 Å². The summed E-state index contributed by atoms with van der Waals surface area (Å²) in [6, 6.07) is 10.1. The molecule has 6 heteroatoms. The molecule has 0 bridgehead atoms. The molecule has 23 heavy (non-hydrogen) atoms. The van der Waals surface area contributed by atoms with E-state index in [1.54, 1.807) is 12.4 Å². The molecule has 4 rings (SSSR count). The Labute approximate surface area is 134 Å².